The number of hydrogen-bond donors (Lipinski definition) is 1. The van der Waals surface area contributed by atoms with E-state index in [1.165, 1.54) is 0 Å². The number of aliphatic hydroxyl groups excluding tert-OH is 1. The molecule has 1 aromatic rings. The van der Waals surface area contributed by atoms with Crippen molar-refractivity contribution in [2.24, 2.45) is 0 Å². The molecule has 2 rings (SSSR count). The zero-order valence-electron chi connectivity index (χ0n) is 12.1. The van der Waals surface area contributed by atoms with Gasteiger partial charge in [0.05, 0.1) is 6.61 Å². The second kappa shape index (κ2) is 6.09. The molecule has 1 unspecified atom stereocenters. The third-order valence-corrected chi connectivity index (χ3v) is 6.43. The minimum Gasteiger partial charge on any atom is -0.390 e. The fraction of sp³-hybridized carbons (Fsp3) is 0.692. The molecule has 5 nitrogen and oxygen atoms in total. The molecule has 0 bridgehead atoms. The van der Waals surface area contributed by atoms with Gasteiger partial charge in [-0.2, -0.15) is 16.1 Å². The van der Waals surface area contributed by atoms with Crippen LogP contribution in [0, 0.1) is 0 Å². The molecule has 1 aliphatic heterocycles. The number of aliphatic hydroxyl groups is 1. The average molecular weight is 318 g/mol. The van der Waals surface area contributed by atoms with Crippen LogP contribution in [-0.4, -0.2) is 46.5 Å². The Hall–Kier alpha value is -0.500. The predicted molar refractivity (Wildman–Crippen MR) is 81.4 cm³/mol. The third kappa shape index (κ3) is 3.05. The average Bonchev–Trinajstić information content (AvgIpc) is 2.83. The lowest BCUT2D eigenvalue weighted by atomic mass is 10.3. The molecule has 0 spiro atoms. The second-order valence-electron chi connectivity index (χ2n) is 5.37. The van der Waals surface area contributed by atoms with Crippen LogP contribution in [0.15, 0.2) is 17.2 Å². The van der Waals surface area contributed by atoms with Crippen LogP contribution in [-0.2, 0) is 16.6 Å². The van der Waals surface area contributed by atoms with Crippen LogP contribution in [0.1, 0.15) is 32.5 Å². The third-order valence-electron chi connectivity index (χ3n) is 3.47. The van der Waals surface area contributed by atoms with Crippen molar-refractivity contribution in [2.75, 3.05) is 18.8 Å². The zero-order valence-corrected chi connectivity index (χ0v) is 13.7. The standard InChI is InChI=1S/C13H22N2O3S2/c1-10(2)15-8-13(6-12(15)9-16)20(17,18)14-4-5-19-11(3)7-14/h6,8,10-11,16H,4-5,7,9H2,1-3H3. The first-order valence-corrected chi connectivity index (χ1v) is 9.28. The molecule has 1 saturated heterocycles. The highest BCUT2D eigenvalue weighted by Gasteiger charge is 2.30. The zero-order chi connectivity index (χ0) is 14.9. The number of hydrogen-bond acceptors (Lipinski definition) is 4. The number of aromatic nitrogens is 1. The monoisotopic (exact) mass is 318 g/mol. The van der Waals surface area contributed by atoms with E-state index in [1.54, 1.807) is 28.3 Å². The van der Waals surface area contributed by atoms with E-state index in [0.29, 0.717) is 24.0 Å². The van der Waals surface area contributed by atoms with Crippen molar-refractivity contribution in [3.63, 3.8) is 0 Å². The quantitative estimate of drug-likeness (QED) is 0.917. The minimum absolute atomic E-state index is 0.122. The van der Waals surface area contributed by atoms with Gasteiger partial charge in [0.2, 0.25) is 10.0 Å². The summed E-state index contributed by atoms with van der Waals surface area (Å²) in [6.45, 7) is 6.93. The highest BCUT2D eigenvalue weighted by Crippen LogP contribution is 2.26. The van der Waals surface area contributed by atoms with Gasteiger partial charge in [-0.3, -0.25) is 0 Å². The summed E-state index contributed by atoms with van der Waals surface area (Å²) in [4.78, 5) is 0.286. The molecule has 7 heteroatoms. The molecule has 20 heavy (non-hydrogen) atoms. The van der Waals surface area contributed by atoms with Gasteiger partial charge >= 0.3 is 0 Å². The van der Waals surface area contributed by atoms with Gasteiger partial charge in [0.15, 0.2) is 0 Å². The molecule has 2 heterocycles. The summed E-state index contributed by atoms with van der Waals surface area (Å²) in [5.41, 5.74) is 0.637. The number of thioether (sulfide) groups is 1. The Morgan fingerprint density at radius 1 is 1.50 bits per heavy atom. The first kappa shape index (κ1) is 15.9. The van der Waals surface area contributed by atoms with E-state index in [-0.39, 0.29) is 17.5 Å². The largest absolute Gasteiger partial charge is 0.390 e. The molecule has 0 aromatic carbocycles. The van der Waals surface area contributed by atoms with E-state index in [9.17, 15) is 13.5 Å². The van der Waals surface area contributed by atoms with Crippen molar-refractivity contribution in [2.45, 2.75) is 43.6 Å². The van der Waals surface area contributed by atoms with Gasteiger partial charge in [0, 0.05) is 42.0 Å². The number of sulfonamides is 1. The van der Waals surface area contributed by atoms with E-state index in [2.05, 4.69) is 0 Å². The van der Waals surface area contributed by atoms with Gasteiger partial charge in [-0.1, -0.05) is 6.92 Å². The molecule has 1 aromatic heterocycles. The highest BCUT2D eigenvalue weighted by atomic mass is 32.2. The van der Waals surface area contributed by atoms with Gasteiger partial charge in [-0.15, -0.1) is 0 Å². The van der Waals surface area contributed by atoms with Crippen LogP contribution in [0.2, 0.25) is 0 Å². The number of rotatable bonds is 4. The van der Waals surface area contributed by atoms with Gasteiger partial charge in [0.1, 0.15) is 4.90 Å². The molecule has 0 radical (unpaired) electrons. The van der Waals surface area contributed by atoms with Gasteiger partial charge in [0.25, 0.3) is 0 Å². The van der Waals surface area contributed by atoms with E-state index in [1.807, 2.05) is 25.3 Å². The van der Waals surface area contributed by atoms with Crippen molar-refractivity contribution < 1.29 is 13.5 Å². The van der Waals surface area contributed by atoms with E-state index in [0.717, 1.165) is 5.75 Å². The molecule has 1 N–H and O–H groups in total. The predicted octanol–water partition coefficient (Wildman–Crippen LogP) is 1.69. The molecule has 1 atom stereocenters. The molecule has 1 aliphatic rings. The Morgan fingerprint density at radius 3 is 2.70 bits per heavy atom. The SMILES string of the molecule is CC1CN(S(=O)(=O)c2cc(CO)n(C(C)C)c2)CCS1. The first-order valence-electron chi connectivity index (χ1n) is 6.79. The van der Waals surface area contributed by atoms with Crippen molar-refractivity contribution in [3.8, 4) is 0 Å². The van der Waals surface area contributed by atoms with Crippen LogP contribution in [0.5, 0.6) is 0 Å². The van der Waals surface area contributed by atoms with Crippen LogP contribution >= 0.6 is 11.8 Å². The summed E-state index contributed by atoms with van der Waals surface area (Å²) in [5, 5.41) is 9.69. The summed E-state index contributed by atoms with van der Waals surface area (Å²) in [6.07, 6.45) is 1.64. The highest BCUT2D eigenvalue weighted by molar-refractivity contribution is 8.00. The Bertz CT molecular complexity index is 566. The molecule has 0 saturated carbocycles. The van der Waals surface area contributed by atoms with Gasteiger partial charge < -0.3 is 9.67 Å². The van der Waals surface area contributed by atoms with Crippen molar-refractivity contribution in [1.82, 2.24) is 8.87 Å². The summed E-state index contributed by atoms with van der Waals surface area (Å²) >= 11 is 1.80. The lowest BCUT2D eigenvalue weighted by Gasteiger charge is -2.29. The maximum atomic E-state index is 12.7. The topological polar surface area (TPSA) is 62.5 Å². The van der Waals surface area contributed by atoms with E-state index < -0.39 is 10.0 Å². The molecule has 114 valence electrons. The Labute approximate surface area is 125 Å². The van der Waals surface area contributed by atoms with Crippen LogP contribution < -0.4 is 0 Å². The normalized spacial score (nSPS) is 21.6. The Balaban J connectivity index is 2.34. The Kier molecular flexibility index (Phi) is 4.84. The van der Waals surface area contributed by atoms with Crippen LogP contribution in [0.3, 0.4) is 0 Å². The maximum absolute atomic E-state index is 12.7. The first-order chi connectivity index (χ1) is 9.36. The van der Waals surface area contributed by atoms with Gasteiger partial charge in [-0.25, -0.2) is 8.42 Å². The summed E-state index contributed by atoms with van der Waals surface area (Å²) in [5.74, 6) is 0.831. The van der Waals surface area contributed by atoms with Gasteiger partial charge in [-0.05, 0) is 19.9 Å². The minimum atomic E-state index is -3.45. The van der Waals surface area contributed by atoms with Crippen LogP contribution in [0.4, 0.5) is 0 Å². The fourth-order valence-corrected chi connectivity index (χ4v) is 5.20. The fourth-order valence-electron chi connectivity index (χ4n) is 2.40. The summed E-state index contributed by atoms with van der Waals surface area (Å²) in [7, 11) is -3.45. The van der Waals surface area contributed by atoms with Crippen molar-refractivity contribution in [1.29, 1.82) is 0 Å². The molecule has 0 amide bonds. The number of nitrogens with zero attached hydrogens (tertiary/aromatic N) is 2. The van der Waals surface area contributed by atoms with Crippen molar-refractivity contribution >= 4 is 21.8 Å². The lowest BCUT2D eigenvalue weighted by molar-refractivity contribution is 0.268. The molecular weight excluding hydrogens is 296 g/mol. The molecule has 1 fully saturated rings. The summed E-state index contributed by atoms with van der Waals surface area (Å²) < 4.78 is 28.7. The van der Waals surface area contributed by atoms with Crippen molar-refractivity contribution in [3.05, 3.63) is 18.0 Å². The smallest absolute Gasteiger partial charge is 0.244 e. The molecular formula is C13H22N2O3S2. The maximum Gasteiger partial charge on any atom is 0.244 e. The molecule has 0 aliphatic carbocycles. The van der Waals surface area contributed by atoms with Crippen LogP contribution in [0.25, 0.3) is 0 Å². The lowest BCUT2D eigenvalue weighted by Crippen LogP contribution is -2.40. The van der Waals surface area contributed by atoms with E-state index >= 15 is 0 Å². The Morgan fingerprint density at radius 2 is 2.20 bits per heavy atom. The van der Waals surface area contributed by atoms with E-state index in [4.69, 9.17) is 0 Å². The second-order valence-corrected chi connectivity index (χ2v) is 8.85. The summed E-state index contributed by atoms with van der Waals surface area (Å²) in [6, 6.07) is 1.71.